The number of nitrogens with zero attached hydrogens (tertiary/aromatic N) is 2. The monoisotopic (exact) mass is 553 g/mol. The molecule has 4 aromatic carbocycles. The van der Waals surface area contributed by atoms with Crippen molar-refractivity contribution in [1.82, 2.24) is 10.2 Å². The van der Waals surface area contributed by atoms with E-state index in [2.05, 4.69) is 12.2 Å². The molecule has 0 unspecified atom stereocenters. The van der Waals surface area contributed by atoms with E-state index in [1.807, 2.05) is 72.8 Å². The second-order valence-electron chi connectivity index (χ2n) is 10.1. The number of carbonyl (C=O) groups is 3. The smallest absolute Gasteiger partial charge is 0.259 e. The molecule has 0 aromatic heterocycles. The van der Waals surface area contributed by atoms with Gasteiger partial charge in [-0.25, -0.2) is 0 Å². The Hall–Kier alpha value is -4.16. The zero-order valence-corrected chi connectivity index (χ0v) is 23.2. The molecular formula is C33H32ClN3O3. The van der Waals surface area contributed by atoms with Gasteiger partial charge in [-0.15, -0.1) is 0 Å². The van der Waals surface area contributed by atoms with Crippen molar-refractivity contribution < 1.29 is 14.4 Å². The van der Waals surface area contributed by atoms with Crippen molar-refractivity contribution in [2.75, 3.05) is 18.0 Å². The third-order valence-corrected chi connectivity index (χ3v) is 7.52. The predicted molar refractivity (Wildman–Crippen MR) is 159 cm³/mol. The maximum atomic E-state index is 14.2. The van der Waals surface area contributed by atoms with Crippen LogP contribution in [0.1, 0.15) is 41.3 Å². The van der Waals surface area contributed by atoms with E-state index in [1.54, 1.807) is 23.1 Å². The van der Waals surface area contributed by atoms with Crippen molar-refractivity contribution in [2.24, 2.45) is 0 Å². The van der Waals surface area contributed by atoms with Crippen LogP contribution >= 0.6 is 11.6 Å². The van der Waals surface area contributed by atoms with Crippen LogP contribution < -0.4 is 10.2 Å². The normalized spacial score (nSPS) is 12.9. The first-order valence-corrected chi connectivity index (χ1v) is 14.0. The highest BCUT2D eigenvalue weighted by Crippen LogP contribution is 2.37. The summed E-state index contributed by atoms with van der Waals surface area (Å²) in [6, 6.07) is 27.5. The van der Waals surface area contributed by atoms with Crippen LogP contribution in [0.3, 0.4) is 0 Å². The van der Waals surface area contributed by atoms with Crippen LogP contribution in [0, 0.1) is 0 Å². The molecule has 0 spiro atoms. The van der Waals surface area contributed by atoms with Gasteiger partial charge in [-0.05, 0) is 47.2 Å². The molecule has 3 amide bonds. The molecule has 1 aliphatic rings. The maximum absolute atomic E-state index is 14.2. The number of halogens is 1. The summed E-state index contributed by atoms with van der Waals surface area (Å²) in [4.78, 5) is 44.4. The molecule has 0 bridgehead atoms. The van der Waals surface area contributed by atoms with Gasteiger partial charge in [0.25, 0.3) is 5.91 Å². The van der Waals surface area contributed by atoms with Crippen LogP contribution in [0.4, 0.5) is 5.69 Å². The summed E-state index contributed by atoms with van der Waals surface area (Å²) in [7, 11) is 0. The van der Waals surface area contributed by atoms with E-state index in [1.165, 1.54) is 4.90 Å². The van der Waals surface area contributed by atoms with Gasteiger partial charge in [-0.2, -0.15) is 0 Å². The fourth-order valence-electron chi connectivity index (χ4n) is 5.25. The van der Waals surface area contributed by atoms with Crippen molar-refractivity contribution >= 4 is 45.8 Å². The largest absolute Gasteiger partial charge is 0.354 e. The average Bonchev–Trinajstić information content (AvgIpc) is 3.23. The van der Waals surface area contributed by atoms with Crippen molar-refractivity contribution in [3.63, 3.8) is 0 Å². The van der Waals surface area contributed by atoms with Gasteiger partial charge >= 0.3 is 0 Å². The lowest BCUT2D eigenvalue weighted by molar-refractivity contribution is -0.140. The van der Waals surface area contributed by atoms with Crippen LogP contribution in [0.2, 0.25) is 5.02 Å². The third kappa shape index (κ3) is 5.87. The minimum atomic E-state index is -0.776. The lowest BCUT2D eigenvalue weighted by Crippen LogP contribution is -2.53. The number of hydrogen-bond donors (Lipinski definition) is 1. The highest BCUT2D eigenvalue weighted by atomic mass is 35.5. The van der Waals surface area contributed by atoms with Crippen LogP contribution in [-0.4, -0.2) is 41.8 Å². The number of amides is 3. The SMILES string of the molecule is CCCCNC(=O)[C@H](Cc1ccccc1)N(Cc1cccc(Cl)c1)C(=O)CN1C(=O)c2cccc3cccc1c23. The van der Waals surface area contributed by atoms with Crippen LogP contribution in [0.15, 0.2) is 91.0 Å². The maximum Gasteiger partial charge on any atom is 0.259 e. The first-order chi connectivity index (χ1) is 19.5. The fraction of sp³-hybridized carbons (Fsp3) is 0.242. The van der Waals surface area contributed by atoms with E-state index in [0.717, 1.165) is 34.7 Å². The van der Waals surface area contributed by atoms with E-state index in [0.29, 0.717) is 29.2 Å². The Morgan fingerprint density at radius 1 is 0.925 bits per heavy atom. The Labute approximate surface area is 239 Å². The Morgan fingerprint density at radius 2 is 1.65 bits per heavy atom. The molecule has 0 radical (unpaired) electrons. The molecule has 1 N–H and O–H groups in total. The predicted octanol–water partition coefficient (Wildman–Crippen LogP) is 6.01. The standard InChI is InChI=1S/C33H32ClN3O3/c1-2-3-18-35-32(39)29(20-23-10-5-4-6-11-23)36(21-24-12-7-15-26(34)19-24)30(38)22-37-28-17-9-14-25-13-8-16-27(31(25)28)33(37)40/h4-17,19,29H,2-3,18,20-22H2,1H3,(H,35,39)/t29-/m0/s1. The highest BCUT2D eigenvalue weighted by Gasteiger charge is 2.35. The molecule has 204 valence electrons. The van der Waals surface area contributed by atoms with Crippen molar-refractivity contribution in [2.45, 2.75) is 38.8 Å². The second-order valence-corrected chi connectivity index (χ2v) is 10.5. The van der Waals surface area contributed by atoms with E-state index in [-0.39, 0.29) is 30.8 Å². The van der Waals surface area contributed by atoms with Gasteiger partial charge in [0.15, 0.2) is 0 Å². The molecule has 5 rings (SSSR count). The molecule has 7 heteroatoms. The number of carbonyl (C=O) groups excluding carboxylic acids is 3. The minimum absolute atomic E-state index is 0.178. The van der Waals surface area contributed by atoms with Crippen molar-refractivity contribution in [1.29, 1.82) is 0 Å². The van der Waals surface area contributed by atoms with Gasteiger partial charge in [0, 0.05) is 35.5 Å². The molecule has 1 heterocycles. The van der Waals surface area contributed by atoms with Crippen LogP contribution in [-0.2, 0) is 22.6 Å². The molecule has 4 aromatic rings. The summed E-state index contributed by atoms with van der Waals surface area (Å²) in [6.45, 7) is 2.59. The summed E-state index contributed by atoms with van der Waals surface area (Å²) in [5, 5.41) is 5.38. The Kier molecular flexibility index (Phi) is 8.46. The quantitative estimate of drug-likeness (QED) is 0.231. The van der Waals surface area contributed by atoms with Crippen LogP contribution in [0.5, 0.6) is 0 Å². The number of rotatable bonds is 11. The highest BCUT2D eigenvalue weighted by molar-refractivity contribution is 6.30. The van der Waals surface area contributed by atoms with E-state index >= 15 is 0 Å². The van der Waals surface area contributed by atoms with Gasteiger partial charge in [0.05, 0.1) is 5.69 Å². The molecule has 0 fully saturated rings. The van der Waals surface area contributed by atoms with Gasteiger partial charge in [-0.1, -0.05) is 91.7 Å². The van der Waals surface area contributed by atoms with Gasteiger partial charge < -0.3 is 10.2 Å². The molecule has 0 aliphatic carbocycles. The van der Waals surface area contributed by atoms with Crippen LogP contribution in [0.25, 0.3) is 10.8 Å². The molecular weight excluding hydrogens is 522 g/mol. The summed E-state index contributed by atoms with van der Waals surface area (Å²) < 4.78 is 0. The zero-order valence-electron chi connectivity index (χ0n) is 22.5. The first kappa shape index (κ1) is 27.4. The minimum Gasteiger partial charge on any atom is -0.354 e. The van der Waals surface area contributed by atoms with Gasteiger partial charge in [-0.3, -0.25) is 19.3 Å². The van der Waals surface area contributed by atoms with Gasteiger partial charge in [0.1, 0.15) is 12.6 Å². The van der Waals surface area contributed by atoms with E-state index in [9.17, 15) is 14.4 Å². The Morgan fingerprint density at radius 3 is 2.40 bits per heavy atom. The average molecular weight is 554 g/mol. The molecule has 40 heavy (non-hydrogen) atoms. The summed E-state index contributed by atoms with van der Waals surface area (Å²) in [6.07, 6.45) is 2.13. The number of anilines is 1. The van der Waals surface area contributed by atoms with Gasteiger partial charge in [0.2, 0.25) is 11.8 Å². The Balaban J connectivity index is 1.49. The summed E-state index contributed by atoms with van der Waals surface area (Å²) >= 11 is 6.28. The molecule has 6 nitrogen and oxygen atoms in total. The number of hydrogen-bond acceptors (Lipinski definition) is 3. The fourth-order valence-corrected chi connectivity index (χ4v) is 5.47. The molecule has 1 aliphatic heterocycles. The summed E-state index contributed by atoms with van der Waals surface area (Å²) in [5.74, 6) is -0.745. The lowest BCUT2D eigenvalue weighted by atomic mass is 10.0. The molecule has 0 saturated carbocycles. The van der Waals surface area contributed by atoms with Crippen molar-refractivity contribution in [3.05, 3.63) is 113 Å². The second kappa shape index (κ2) is 12.3. The number of nitrogens with one attached hydrogen (secondary N) is 1. The lowest BCUT2D eigenvalue weighted by Gasteiger charge is -2.33. The number of benzene rings is 4. The Bertz CT molecular complexity index is 1530. The third-order valence-electron chi connectivity index (χ3n) is 7.29. The summed E-state index contributed by atoms with van der Waals surface area (Å²) in [5.41, 5.74) is 3.04. The topological polar surface area (TPSA) is 69.7 Å². The van der Waals surface area contributed by atoms with E-state index in [4.69, 9.17) is 11.6 Å². The van der Waals surface area contributed by atoms with E-state index < -0.39 is 6.04 Å². The zero-order chi connectivity index (χ0) is 28.1. The molecule has 0 saturated heterocycles. The molecule has 1 atom stereocenters. The van der Waals surface area contributed by atoms with Crippen molar-refractivity contribution in [3.8, 4) is 0 Å². The number of unbranched alkanes of at least 4 members (excludes halogenated alkanes) is 1. The first-order valence-electron chi connectivity index (χ1n) is 13.7.